The first kappa shape index (κ1) is 15.1. The number of pyridine rings is 1. The van der Waals surface area contributed by atoms with Gasteiger partial charge in [0.25, 0.3) is 0 Å². The SMILES string of the molecule is CC(=NNC(=S)Nc1c(C)cccc1C)c1ccccn1. The summed E-state index contributed by atoms with van der Waals surface area (Å²) < 4.78 is 0. The average molecular weight is 298 g/mol. The summed E-state index contributed by atoms with van der Waals surface area (Å²) in [4.78, 5) is 4.23. The van der Waals surface area contributed by atoms with Crippen molar-refractivity contribution >= 4 is 28.7 Å². The molecule has 2 N–H and O–H groups in total. The van der Waals surface area contributed by atoms with E-state index in [-0.39, 0.29) is 0 Å². The average Bonchev–Trinajstić information content (AvgIpc) is 2.49. The highest BCUT2D eigenvalue weighted by Crippen LogP contribution is 2.19. The first-order valence-corrected chi connectivity index (χ1v) is 7.07. The fourth-order valence-corrected chi connectivity index (χ4v) is 2.07. The number of aromatic nitrogens is 1. The number of rotatable bonds is 3. The van der Waals surface area contributed by atoms with Crippen LogP contribution in [0.2, 0.25) is 0 Å². The zero-order valence-electron chi connectivity index (χ0n) is 12.3. The van der Waals surface area contributed by atoms with Gasteiger partial charge in [-0.2, -0.15) is 5.10 Å². The van der Waals surface area contributed by atoms with Crippen LogP contribution in [-0.2, 0) is 0 Å². The van der Waals surface area contributed by atoms with E-state index in [2.05, 4.69) is 20.8 Å². The van der Waals surface area contributed by atoms with E-state index in [0.29, 0.717) is 5.11 Å². The molecule has 0 saturated heterocycles. The van der Waals surface area contributed by atoms with Gasteiger partial charge in [-0.1, -0.05) is 24.3 Å². The summed E-state index contributed by atoms with van der Waals surface area (Å²) >= 11 is 5.27. The maximum Gasteiger partial charge on any atom is 0.191 e. The Morgan fingerprint density at radius 3 is 2.43 bits per heavy atom. The van der Waals surface area contributed by atoms with Gasteiger partial charge in [-0.15, -0.1) is 0 Å². The Balaban J connectivity index is 2.03. The molecule has 2 rings (SSSR count). The summed E-state index contributed by atoms with van der Waals surface area (Å²) in [5.74, 6) is 0. The van der Waals surface area contributed by atoms with Crippen LogP contribution in [0.3, 0.4) is 0 Å². The highest BCUT2D eigenvalue weighted by molar-refractivity contribution is 7.80. The van der Waals surface area contributed by atoms with Crippen LogP contribution in [0.15, 0.2) is 47.7 Å². The Hall–Kier alpha value is -2.27. The van der Waals surface area contributed by atoms with E-state index in [1.54, 1.807) is 6.20 Å². The van der Waals surface area contributed by atoms with Gasteiger partial charge in [-0.05, 0) is 56.2 Å². The zero-order chi connectivity index (χ0) is 15.2. The number of hydrogen-bond acceptors (Lipinski definition) is 3. The van der Waals surface area contributed by atoms with E-state index in [1.165, 1.54) is 0 Å². The van der Waals surface area contributed by atoms with Gasteiger partial charge in [0.2, 0.25) is 0 Å². The smallest absolute Gasteiger partial charge is 0.191 e. The lowest BCUT2D eigenvalue weighted by atomic mass is 10.1. The number of hydrazone groups is 1. The van der Waals surface area contributed by atoms with E-state index in [0.717, 1.165) is 28.2 Å². The minimum atomic E-state index is 0.461. The molecule has 1 aromatic heterocycles. The fourth-order valence-electron chi connectivity index (χ4n) is 1.92. The van der Waals surface area contributed by atoms with Gasteiger partial charge < -0.3 is 5.32 Å². The normalized spacial score (nSPS) is 11.1. The van der Waals surface area contributed by atoms with E-state index >= 15 is 0 Å². The third-order valence-electron chi connectivity index (χ3n) is 3.08. The molecule has 1 aromatic carbocycles. The molecule has 108 valence electrons. The van der Waals surface area contributed by atoms with Crippen molar-refractivity contribution in [3.63, 3.8) is 0 Å². The van der Waals surface area contributed by atoms with Gasteiger partial charge in [-0.25, -0.2) is 0 Å². The van der Waals surface area contributed by atoms with Crippen molar-refractivity contribution in [2.24, 2.45) is 5.10 Å². The number of aryl methyl sites for hydroxylation is 2. The summed E-state index contributed by atoms with van der Waals surface area (Å²) in [5.41, 5.74) is 7.75. The van der Waals surface area contributed by atoms with Crippen molar-refractivity contribution in [1.29, 1.82) is 0 Å². The molecular weight excluding hydrogens is 280 g/mol. The van der Waals surface area contributed by atoms with Crippen molar-refractivity contribution in [2.45, 2.75) is 20.8 Å². The summed E-state index contributed by atoms with van der Waals surface area (Å²) in [5, 5.41) is 7.89. The van der Waals surface area contributed by atoms with Gasteiger partial charge in [0.1, 0.15) is 0 Å². The zero-order valence-corrected chi connectivity index (χ0v) is 13.2. The van der Waals surface area contributed by atoms with Crippen LogP contribution in [-0.4, -0.2) is 15.8 Å². The first-order chi connectivity index (χ1) is 10.1. The van der Waals surface area contributed by atoms with Crippen molar-refractivity contribution in [3.05, 3.63) is 59.4 Å². The lowest BCUT2D eigenvalue weighted by molar-refractivity contribution is 1.03. The molecule has 0 aliphatic rings. The quantitative estimate of drug-likeness (QED) is 0.518. The van der Waals surface area contributed by atoms with Crippen molar-refractivity contribution in [3.8, 4) is 0 Å². The molecule has 0 fully saturated rings. The third kappa shape index (κ3) is 4.10. The Morgan fingerprint density at radius 2 is 1.81 bits per heavy atom. The molecule has 21 heavy (non-hydrogen) atoms. The van der Waals surface area contributed by atoms with Crippen LogP contribution in [0.4, 0.5) is 5.69 Å². The Kier molecular flexibility index (Phi) is 5.00. The number of nitrogens with one attached hydrogen (secondary N) is 2. The second-order valence-corrected chi connectivity index (χ2v) is 5.15. The number of anilines is 1. The minimum absolute atomic E-state index is 0.461. The van der Waals surface area contributed by atoms with E-state index < -0.39 is 0 Å². The van der Waals surface area contributed by atoms with Crippen LogP contribution in [0.1, 0.15) is 23.7 Å². The number of hydrogen-bond donors (Lipinski definition) is 2. The van der Waals surface area contributed by atoms with Crippen LogP contribution in [0.5, 0.6) is 0 Å². The maximum atomic E-state index is 5.27. The lowest BCUT2D eigenvalue weighted by Crippen LogP contribution is -2.25. The topological polar surface area (TPSA) is 49.3 Å². The van der Waals surface area contributed by atoms with Crippen molar-refractivity contribution < 1.29 is 0 Å². The lowest BCUT2D eigenvalue weighted by Gasteiger charge is -2.13. The first-order valence-electron chi connectivity index (χ1n) is 6.67. The molecule has 4 nitrogen and oxygen atoms in total. The standard InChI is InChI=1S/C16H18N4S/c1-11-7-6-8-12(2)15(11)18-16(21)20-19-13(3)14-9-4-5-10-17-14/h4-10H,1-3H3,(H2,18,20,21). The second-order valence-electron chi connectivity index (χ2n) is 4.74. The van der Waals surface area contributed by atoms with Gasteiger partial charge in [0, 0.05) is 11.9 Å². The summed E-state index contributed by atoms with van der Waals surface area (Å²) in [6.07, 6.45) is 1.74. The van der Waals surface area contributed by atoms with Crippen molar-refractivity contribution in [2.75, 3.05) is 5.32 Å². The van der Waals surface area contributed by atoms with Crippen LogP contribution >= 0.6 is 12.2 Å². The molecule has 0 spiro atoms. The molecule has 0 radical (unpaired) electrons. The van der Waals surface area contributed by atoms with E-state index in [1.807, 2.05) is 57.2 Å². The molecule has 0 amide bonds. The number of nitrogens with zero attached hydrogens (tertiary/aromatic N) is 2. The van der Waals surface area contributed by atoms with Crippen LogP contribution in [0, 0.1) is 13.8 Å². The summed E-state index contributed by atoms with van der Waals surface area (Å²) in [7, 11) is 0. The summed E-state index contributed by atoms with van der Waals surface area (Å²) in [6.45, 7) is 5.97. The van der Waals surface area contributed by atoms with Gasteiger partial charge in [0.05, 0.1) is 11.4 Å². The Labute approximate surface area is 130 Å². The highest BCUT2D eigenvalue weighted by Gasteiger charge is 2.04. The molecule has 2 aromatic rings. The molecule has 0 aliphatic heterocycles. The molecule has 0 bridgehead atoms. The molecule has 0 saturated carbocycles. The third-order valence-corrected chi connectivity index (χ3v) is 3.27. The van der Waals surface area contributed by atoms with Gasteiger partial charge >= 0.3 is 0 Å². The second kappa shape index (κ2) is 6.95. The molecule has 1 heterocycles. The molecule has 0 aliphatic carbocycles. The summed E-state index contributed by atoms with van der Waals surface area (Å²) in [6, 6.07) is 11.8. The monoisotopic (exact) mass is 298 g/mol. The van der Waals surface area contributed by atoms with Gasteiger partial charge in [-0.3, -0.25) is 10.4 Å². The van der Waals surface area contributed by atoms with Crippen molar-refractivity contribution in [1.82, 2.24) is 10.4 Å². The van der Waals surface area contributed by atoms with Crippen LogP contribution in [0.25, 0.3) is 0 Å². The minimum Gasteiger partial charge on any atom is -0.331 e. The number of benzene rings is 1. The van der Waals surface area contributed by atoms with E-state index in [4.69, 9.17) is 12.2 Å². The molecular formula is C16H18N4S. The Morgan fingerprint density at radius 1 is 1.10 bits per heavy atom. The highest BCUT2D eigenvalue weighted by atomic mass is 32.1. The maximum absolute atomic E-state index is 5.27. The predicted octanol–water partition coefficient (Wildman–Crippen LogP) is 3.41. The Bertz CT molecular complexity index is 645. The molecule has 0 atom stereocenters. The fraction of sp³-hybridized carbons (Fsp3) is 0.188. The van der Waals surface area contributed by atoms with Crippen LogP contribution < -0.4 is 10.7 Å². The van der Waals surface area contributed by atoms with Gasteiger partial charge in [0.15, 0.2) is 5.11 Å². The number of thiocarbonyl (C=S) groups is 1. The number of para-hydroxylation sites is 1. The molecule has 5 heteroatoms. The predicted molar refractivity (Wildman–Crippen MR) is 91.7 cm³/mol. The molecule has 0 unspecified atom stereocenters. The largest absolute Gasteiger partial charge is 0.331 e. The van der Waals surface area contributed by atoms with E-state index in [9.17, 15) is 0 Å².